The summed E-state index contributed by atoms with van der Waals surface area (Å²) in [6.07, 6.45) is 4.60. The summed E-state index contributed by atoms with van der Waals surface area (Å²) >= 11 is 3.36. The molecule has 2 atom stereocenters. The zero-order valence-corrected chi connectivity index (χ0v) is 24.6. The molecule has 13 heteroatoms. The highest BCUT2D eigenvalue weighted by molar-refractivity contribution is 9.10. The Bertz CT molecular complexity index is 1250. The Labute approximate surface area is 242 Å². The number of carbonyl (C=O) groups is 2. The Morgan fingerprint density at radius 2 is 1.93 bits per heavy atom. The van der Waals surface area contributed by atoms with Crippen LogP contribution in [0.15, 0.2) is 35.1 Å². The van der Waals surface area contributed by atoms with Crippen molar-refractivity contribution in [2.24, 2.45) is 0 Å². The Balaban J connectivity index is 1.55. The van der Waals surface area contributed by atoms with Crippen LogP contribution in [0.2, 0.25) is 0 Å². The van der Waals surface area contributed by atoms with Crippen LogP contribution in [-0.2, 0) is 4.74 Å². The molecule has 2 amide bonds. The first-order chi connectivity index (χ1) is 19.2. The number of aromatic nitrogens is 1. The zero-order chi connectivity index (χ0) is 28.8. The summed E-state index contributed by atoms with van der Waals surface area (Å²) in [6.45, 7) is 6.08. The summed E-state index contributed by atoms with van der Waals surface area (Å²) in [5.74, 6) is -0.415. The highest BCUT2D eigenvalue weighted by Crippen LogP contribution is 2.35. The summed E-state index contributed by atoms with van der Waals surface area (Å²) in [4.78, 5) is 48.5. The van der Waals surface area contributed by atoms with Crippen LogP contribution in [0.25, 0.3) is 0 Å². The smallest absolute Gasteiger partial charge is 0.294 e. The van der Waals surface area contributed by atoms with Crippen LogP contribution in [0, 0.1) is 10.1 Å². The third kappa shape index (κ3) is 6.88. The summed E-state index contributed by atoms with van der Waals surface area (Å²) < 4.78 is 5.66. The van der Waals surface area contributed by atoms with Crippen LogP contribution in [0.5, 0.6) is 0 Å². The summed E-state index contributed by atoms with van der Waals surface area (Å²) in [6, 6.07) is 4.65. The van der Waals surface area contributed by atoms with Crippen LogP contribution < -0.4 is 10.6 Å². The van der Waals surface area contributed by atoms with Crippen LogP contribution in [0.3, 0.4) is 0 Å². The van der Waals surface area contributed by atoms with Gasteiger partial charge in [0, 0.05) is 88.4 Å². The second-order valence-corrected chi connectivity index (χ2v) is 11.1. The molecule has 0 unspecified atom stereocenters. The normalized spacial score (nSPS) is 19.8. The molecule has 1 aromatic heterocycles. The van der Waals surface area contributed by atoms with Crippen LogP contribution in [-0.4, -0.2) is 109 Å². The molecular formula is C27H36BrN7O5. The molecule has 2 saturated heterocycles. The third-order valence-electron chi connectivity index (χ3n) is 7.48. The number of rotatable bonds is 9. The van der Waals surface area contributed by atoms with Gasteiger partial charge < -0.3 is 25.2 Å². The van der Waals surface area contributed by atoms with E-state index in [-0.39, 0.29) is 40.8 Å². The average molecular weight is 619 g/mol. The highest BCUT2D eigenvalue weighted by Gasteiger charge is 2.33. The number of ether oxygens (including phenoxy) is 1. The molecule has 4 rings (SSSR count). The van der Waals surface area contributed by atoms with E-state index in [1.807, 2.05) is 0 Å². The van der Waals surface area contributed by atoms with Gasteiger partial charge in [-0.2, -0.15) is 0 Å². The molecule has 1 aromatic carbocycles. The van der Waals surface area contributed by atoms with Crippen molar-refractivity contribution >= 4 is 44.8 Å². The van der Waals surface area contributed by atoms with Crippen molar-refractivity contribution in [3.8, 4) is 0 Å². The third-order valence-corrected chi connectivity index (χ3v) is 7.93. The molecule has 2 aliphatic rings. The molecule has 0 radical (unpaired) electrons. The minimum Gasteiger partial charge on any atom is -0.387 e. The number of pyridine rings is 1. The lowest BCUT2D eigenvalue weighted by Crippen LogP contribution is -2.54. The molecule has 2 aliphatic heterocycles. The number of hydrogen-bond acceptors (Lipinski definition) is 9. The van der Waals surface area contributed by atoms with Gasteiger partial charge in [0.05, 0.1) is 28.3 Å². The number of methoxy groups -OCH3 is 1. The molecule has 0 spiro atoms. The van der Waals surface area contributed by atoms with E-state index in [2.05, 4.69) is 43.4 Å². The van der Waals surface area contributed by atoms with Gasteiger partial charge in [-0.1, -0.05) is 15.9 Å². The maximum absolute atomic E-state index is 13.8. The number of nitro benzene ring substituents is 1. The lowest BCUT2D eigenvalue weighted by atomic mass is 10.0. The van der Waals surface area contributed by atoms with Crippen molar-refractivity contribution in [1.29, 1.82) is 0 Å². The van der Waals surface area contributed by atoms with Crippen molar-refractivity contribution in [1.82, 2.24) is 19.7 Å². The fourth-order valence-corrected chi connectivity index (χ4v) is 5.75. The Hall–Kier alpha value is -3.29. The van der Waals surface area contributed by atoms with Crippen LogP contribution in [0.1, 0.15) is 40.5 Å². The van der Waals surface area contributed by atoms with E-state index < -0.39 is 4.92 Å². The molecule has 2 aromatic rings. The fraction of sp³-hybridized carbons (Fsp3) is 0.519. The first-order valence-electron chi connectivity index (χ1n) is 13.4. The second-order valence-electron chi connectivity index (χ2n) is 10.2. The molecule has 0 aliphatic carbocycles. The number of amides is 2. The molecule has 2 N–H and O–H groups in total. The molecule has 216 valence electrons. The van der Waals surface area contributed by atoms with Gasteiger partial charge in [0.1, 0.15) is 5.69 Å². The second kappa shape index (κ2) is 13.4. The summed E-state index contributed by atoms with van der Waals surface area (Å²) in [5, 5.41) is 18.4. The predicted molar refractivity (Wildman–Crippen MR) is 156 cm³/mol. The number of nitrogens with one attached hydrogen (secondary N) is 2. The lowest BCUT2D eigenvalue weighted by Gasteiger charge is -2.40. The maximum Gasteiger partial charge on any atom is 0.294 e. The number of nitro groups is 1. The van der Waals surface area contributed by atoms with E-state index in [1.54, 1.807) is 42.3 Å². The summed E-state index contributed by atoms with van der Waals surface area (Å²) in [7, 11) is 3.43. The van der Waals surface area contributed by atoms with Crippen LogP contribution >= 0.6 is 15.9 Å². The average Bonchev–Trinajstić information content (AvgIpc) is 2.96. The number of hydrogen-bond donors (Lipinski definition) is 2. The van der Waals surface area contributed by atoms with Crippen LogP contribution in [0.4, 0.5) is 17.1 Å². The minimum absolute atomic E-state index is 0.125. The highest BCUT2D eigenvalue weighted by atomic mass is 79.9. The van der Waals surface area contributed by atoms with E-state index in [1.165, 1.54) is 12.3 Å². The van der Waals surface area contributed by atoms with Gasteiger partial charge in [-0.3, -0.25) is 29.6 Å². The van der Waals surface area contributed by atoms with Crippen molar-refractivity contribution in [3.63, 3.8) is 0 Å². The quantitative estimate of drug-likeness (QED) is 0.321. The van der Waals surface area contributed by atoms with Gasteiger partial charge in [-0.25, -0.2) is 0 Å². The van der Waals surface area contributed by atoms with Gasteiger partial charge in [-0.05, 0) is 31.9 Å². The Morgan fingerprint density at radius 3 is 2.62 bits per heavy atom. The molecule has 0 saturated carbocycles. The number of likely N-dealkylation sites (tertiary alicyclic amines) is 1. The number of piperidine rings is 1. The van der Waals surface area contributed by atoms with Crippen molar-refractivity contribution in [2.75, 3.05) is 70.7 Å². The minimum atomic E-state index is -0.476. The number of halogens is 1. The first-order valence-corrected chi connectivity index (χ1v) is 14.2. The SMILES string of the molecule is CNc1cncc(C(=O)N2CCC[C@@H](Nc3c(C(=O)N4CCN(CCOC)[C@H](C)C4)cc(Br)cc3[N+](=O)[O-])C2)c1. The fourth-order valence-electron chi connectivity index (χ4n) is 5.31. The number of benzene rings is 1. The molecule has 3 heterocycles. The van der Waals surface area contributed by atoms with E-state index in [0.717, 1.165) is 18.7 Å². The van der Waals surface area contributed by atoms with E-state index in [0.29, 0.717) is 55.8 Å². The van der Waals surface area contributed by atoms with Gasteiger partial charge in [-0.15, -0.1) is 0 Å². The zero-order valence-electron chi connectivity index (χ0n) is 23.1. The monoisotopic (exact) mass is 617 g/mol. The maximum atomic E-state index is 13.8. The van der Waals surface area contributed by atoms with E-state index >= 15 is 0 Å². The first kappa shape index (κ1) is 29.7. The van der Waals surface area contributed by atoms with Crippen molar-refractivity contribution in [3.05, 3.63) is 56.3 Å². The van der Waals surface area contributed by atoms with E-state index in [4.69, 9.17) is 4.74 Å². The van der Waals surface area contributed by atoms with Gasteiger partial charge in [0.25, 0.3) is 17.5 Å². The van der Waals surface area contributed by atoms with Gasteiger partial charge >= 0.3 is 0 Å². The lowest BCUT2D eigenvalue weighted by molar-refractivity contribution is -0.384. The topological polar surface area (TPSA) is 133 Å². The van der Waals surface area contributed by atoms with Gasteiger partial charge in [0.2, 0.25) is 0 Å². The molecule has 40 heavy (non-hydrogen) atoms. The van der Waals surface area contributed by atoms with Crippen molar-refractivity contribution in [2.45, 2.75) is 31.8 Å². The number of carbonyl (C=O) groups excluding carboxylic acids is 2. The standard InChI is InChI=1S/C27H36BrN7O5/c1-18-16-34(8-7-32(18)9-10-40-3)27(37)23-12-20(28)13-24(35(38)39)25(23)31-21-5-4-6-33(17-21)26(36)19-11-22(29-2)15-30-14-19/h11-15,18,21,29,31H,4-10,16-17H2,1-3H3/t18-,21-/m1/s1. The molecular weight excluding hydrogens is 582 g/mol. The molecule has 12 nitrogen and oxygen atoms in total. The van der Waals surface area contributed by atoms with Crippen molar-refractivity contribution < 1.29 is 19.2 Å². The van der Waals surface area contributed by atoms with Gasteiger partial charge in [0.15, 0.2) is 0 Å². The van der Waals surface area contributed by atoms with E-state index in [9.17, 15) is 19.7 Å². The number of piperazine rings is 1. The largest absolute Gasteiger partial charge is 0.387 e. The molecule has 0 bridgehead atoms. The Kier molecular flexibility index (Phi) is 9.93. The molecule has 2 fully saturated rings. The Morgan fingerprint density at radius 1 is 1.15 bits per heavy atom. The number of anilines is 2. The predicted octanol–water partition coefficient (Wildman–Crippen LogP) is 3.30. The summed E-state index contributed by atoms with van der Waals surface area (Å²) in [5.41, 5.74) is 1.45. The number of nitrogens with zero attached hydrogens (tertiary/aromatic N) is 5.